The molecule has 0 spiro atoms. The number of nitrogens with one attached hydrogen (secondary N) is 1. The Labute approximate surface area is 116 Å². The van der Waals surface area contributed by atoms with Crippen LogP contribution in [-0.2, 0) is 4.79 Å². The molecule has 2 fully saturated rings. The summed E-state index contributed by atoms with van der Waals surface area (Å²) in [7, 11) is 0. The molecule has 4 heteroatoms. The molecule has 0 unspecified atom stereocenters. The summed E-state index contributed by atoms with van der Waals surface area (Å²) in [6, 6.07) is 0. The number of carbonyl (C=O) groups excluding carboxylic acids is 1. The fourth-order valence-corrected chi connectivity index (χ4v) is 3.46. The molecule has 4 nitrogen and oxygen atoms in total. The number of rotatable bonds is 5. The topological polar surface area (TPSA) is 75.3 Å². The van der Waals surface area contributed by atoms with Gasteiger partial charge < -0.3 is 16.2 Å². The summed E-state index contributed by atoms with van der Waals surface area (Å²) in [5.41, 5.74) is 4.84. The molecule has 1 amide bonds. The molecule has 0 aromatic rings. The number of amides is 1. The predicted molar refractivity (Wildman–Crippen MR) is 75.5 cm³/mol. The van der Waals surface area contributed by atoms with Gasteiger partial charge in [0.1, 0.15) is 0 Å². The van der Waals surface area contributed by atoms with Crippen LogP contribution in [0.5, 0.6) is 0 Å². The summed E-state index contributed by atoms with van der Waals surface area (Å²) in [5, 5.41) is 13.1. The van der Waals surface area contributed by atoms with Crippen molar-refractivity contribution in [3.63, 3.8) is 0 Å². The number of carbonyl (C=O) groups is 1. The number of nitrogens with two attached hydrogens (primary N) is 1. The zero-order chi connectivity index (χ0) is 13.7. The van der Waals surface area contributed by atoms with E-state index >= 15 is 0 Å². The summed E-state index contributed by atoms with van der Waals surface area (Å²) in [6.45, 7) is 1.13. The molecule has 2 saturated carbocycles. The second kappa shape index (κ2) is 6.71. The van der Waals surface area contributed by atoms with Gasteiger partial charge in [0, 0.05) is 19.0 Å². The van der Waals surface area contributed by atoms with E-state index in [-0.39, 0.29) is 11.8 Å². The van der Waals surface area contributed by atoms with E-state index in [1.54, 1.807) is 0 Å². The highest BCUT2D eigenvalue weighted by atomic mass is 16.3. The lowest BCUT2D eigenvalue weighted by molar-refractivity contribution is -0.127. The predicted octanol–water partition coefficient (Wildman–Crippen LogP) is 1.56. The Morgan fingerprint density at radius 3 is 2.42 bits per heavy atom. The van der Waals surface area contributed by atoms with Gasteiger partial charge in [-0.3, -0.25) is 4.79 Å². The van der Waals surface area contributed by atoms with Gasteiger partial charge in [0.2, 0.25) is 5.91 Å². The number of aliphatic hydroxyl groups is 1. The molecule has 19 heavy (non-hydrogen) atoms. The van der Waals surface area contributed by atoms with Crippen molar-refractivity contribution in [3.05, 3.63) is 0 Å². The minimum atomic E-state index is -0.722. The largest absolute Gasteiger partial charge is 0.389 e. The Kier molecular flexibility index (Phi) is 5.22. The highest BCUT2D eigenvalue weighted by molar-refractivity contribution is 5.78. The van der Waals surface area contributed by atoms with Crippen LogP contribution >= 0.6 is 0 Å². The number of hydrogen-bond donors (Lipinski definition) is 3. The lowest BCUT2D eigenvalue weighted by atomic mass is 9.78. The third kappa shape index (κ3) is 4.18. The first kappa shape index (κ1) is 14.8. The lowest BCUT2D eigenvalue weighted by Crippen LogP contribution is -2.44. The van der Waals surface area contributed by atoms with Crippen LogP contribution in [0.3, 0.4) is 0 Å². The van der Waals surface area contributed by atoms with E-state index in [1.807, 2.05) is 0 Å². The Balaban J connectivity index is 1.64. The zero-order valence-corrected chi connectivity index (χ0v) is 11.9. The zero-order valence-electron chi connectivity index (χ0n) is 11.9. The molecule has 2 aliphatic rings. The van der Waals surface area contributed by atoms with E-state index in [9.17, 15) is 9.90 Å². The normalized spacial score (nSPS) is 32.4. The van der Waals surface area contributed by atoms with Crippen LogP contribution in [0.4, 0.5) is 0 Å². The summed E-state index contributed by atoms with van der Waals surface area (Å²) in [5.74, 6) is 1.08. The lowest BCUT2D eigenvalue weighted by Gasteiger charge is -2.34. The monoisotopic (exact) mass is 268 g/mol. The minimum Gasteiger partial charge on any atom is -0.389 e. The van der Waals surface area contributed by atoms with Crippen molar-refractivity contribution in [1.29, 1.82) is 0 Å². The molecule has 0 aromatic heterocycles. The van der Waals surface area contributed by atoms with Crippen LogP contribution in [0.2, 0.25) is 0 Å². The Morgan fingerprint density at radius 2 is 1.84 bits per heavy atom. The summed E-state index contributed by atoms with van der Waals surface area (Å²) >= 11 is 0. The second-order valence-corrected chi connectivity index (χ2v) is 6.43. The average molecular weight is 268 g/mol. The van der Waals surface area contributed by atoms with Crippen molar-refractivity contribution in [2.45, 2.75) is 63.4 Å². The molecule has 0 saturated heterocycles. The van der Waals surface area contributed by atoms with Crippen LogP contribution in [0.1, 0.15) is 57.8 Å². The fourth-order valence-electron chi connectivity index (χ4n) is 3.46. The van der Waals surface area contributed by atoms with Crippen LogP contribution in [0.15, 0.2) is 0 Å². The van der Waals surface area contributed by atoms with Crippen molar-refractivity contribution < 1.29 is 9.90 Å². The van der Waals surface area contributed by atoms with Gasteiger partial charge in [-0.1, -0.05) is 25.7 Å². The molecule has 0 bridgehead atoms. The van der Waals surface area contributed by atoms with Gasteiger partial charge in [-0.05, 0) is 38.0 Å². The SMILES string of the molecule is NCC1(O)CCC(C(=O)NCCC2CCCC2)CC1. The Morgan fingerprint density at radius 1 is 1.21 bits per heavy atom. The van der Waals surface area contributed by atoms with Crippen molar-refractivity contribution in [2.24, 2.45) is 17.6 Å². The maximum absolute atomic E-state index is 12.0. The maximum atomic E-state index is 12.0. The highest BCUT2D eigenvalue weighted by Crippen LogP contribution is 2.31. The first-order valence-corrected chi connectivity index (χ1v) is 7.83. The Hall–Kier alpha value is -0.610. The van der Waals surface area contributed by atoms with E-state index < -0.39 is 5.60 Å². The second-order valence-electron chi connectivity index (χ2n) is 6.43. The molecule has 2 rings (SSSR count). The first-order chi connectivity index (χ1) is 9.13. The fraction of sp³-hybridized carbons (Fsp3) is 0.933. The standard InChI is InChI=1S/C15H28N2O2/c16-11-15(19)8-5-13(6-9-15)14(18)17-10-7-12-3-1-2-4-12/h12-13,19H,1-11,16H2,(H,17,18). The van der Waals surface area contributed by atoms with Gasteiger partial charge >= 0.3 is 0 Å². The molecule has 2 aliphatic carbocycles. The van der Waals surface area contributed by atoms with Crippen LogP contribution in [-0.4, -0.2) is 29.7 Å². The van der Waals surface area contributed by atoms with E-state index in [4.69, 9.17) is 5.73 Å². The Bertz CT molecular complexity index is 293. The van der Waals surface area contributed by atoms with Crippen molar-refractivity contribution in [1.82, 2.24) is 5.32 Å². The third-order valence-electron chi connectivity index (χ3n) is 4.99. The molecule has 0 heterocycles. The van der Waals surface area contributed by atoms with Crippen molar-refractivity contribution >= 4 is 5.91 Å². The number of hydrogen-bond acceptors (Lipinski definition) is 3. The van der Waals surface area contributed by atoms with Crippen LogP contribution in [0.25, 0.3) is 0 Å². The van der Waals surface area contributed by atoms with Crippen LogP contribution in [0, 0.1) is 11.8 Å². The molecule has 110 valence electrons. The van der Waals surface area contributed by atoms with Crippen LogP contribution < -0.4 is 11.1 Å². The van der Waals surface area contributed by atoms with Gasteiger partial charge in [-0.15, -0.1) is 0 Å². The molecular weight excluding hydrogens is 240 g/mol. The molecule has 4 N–H and O–H groups in total. The summed E-state index contributed by atoms with van der Waals surface area (Å²) in [6.07, 6.45) is 9.37. The van der Waals surface area contributed by atoms with Gasteiger partial charge in [0.25, 0.3) is 0 Å². The summed E-state index contributed by atoms with van der Waals surface area (Å²) in [4.78, 5) is 12.0. The molecule has 0 radical (unpaired) electrons. The smallest absolute Gasteiger partial charge is 0.223 e. The molecule has 0 aliphatic heterocycles. The minimum absolute atomic E-state index is 0.0791. The average Bonchev–Trinajstić information content (AvgIpc) is 2.92. The van der Waals surface area contributed by atoms with E-state index in [0.717, 1.165) is 31.7 Å². The van der Waals surface area contributed by atoms with Gasteiger partial charge in [0.05, 0.1) is 5.60 Å². The quantitative estimate of drug-likeness (QED) is 0.708. The molecular formula is C15H28N2O2. The first-order valence-electron chi connectivity index (χ1n) is 7.83. The van der Waals surface area contributed by atoms with Crippen molar-refractivity contribution in [2.75, 3.05) is 13.1 Å². The maximum Gasteiger partial charge on any atom is 0.223 e. The van der Waals surface area contributed by atoms with E-state index in [0.29, 0.717) is 19.4 Å². The molecule has 0 atom stereocenters. The van der Waals surface area contributed by atoms with Crippen molar-refractivity contribution in [3.8, 4) is 0 Å². The third-order valence-corrected chi connectivity index (χ3v) is 4.99. The summed E-state index contributed by atoms with van der Waals surface area (Å²) < 4.78 is 0. The van der Waals surface area contributed by atoms with Gasteiger partial charge in [-0.25, -0.2) is 0 Å². The van der Waals surface area contributed by atoms with E-state index in [2.05, 4.69) is 5.32 Å². The van der Waals surface area contributed by atoms with E-state index in [1.165, 1.54) is 25.7 Å². The highest BCUT2D eigenvalue weighted by Gasteiger charge is 2.34. The van der Waals surface area contributed by atoms with Gasteiger partial charge in [-0.2, -0.15) is 0 Å². The molecule has 0 aromatic carbocycles. The van der Waals surface area contributed by atoms with Gasteiger partial charge in [0.15, 0.2) is 0 Å².